The van der Waals surface area contributed by atoms with Crippen LogP contribution in [0.5, 0.6) is 5.75 Å². The number of nitrogens with zero attached hydrogens (tertiary/aromatic N) is 3. The molecule has 0 radical (unpaired) electrons. The summed E-state index contributed by atoms with van der Waals surface area (Å²) in [4.78, 5) is 2.59. The van der Waals surface area contributed by atoms with Crippen molar-refractivity contribution in [3.63, 3.8) is 0 Å². The summed E-state index contributed by atoms with van der Waals surface area (Å²) < 4.78 is 17.9. The number of hydrogen-bond acceptors (Lipinski definition) is 2. The first-order chi connectivity index (χ1) is 6.74. The largest absolute Gasteiger partial charge is 0.493 e. The van der Waals surface area contributed by atoms with E-state index in [0.717, 1.165) is 5.56 Å². The van der Waals surface area contributed by atoms with Crippen LogP contribution >= 0.6 is 0 Å². The zero-order valence-corrected chi connectivity index (χ0v) is 7.77. The number of azide groups is 1. The van der Waals surface area contributed by atoms with Crippen LogP contribution in [0.3, 0.4) is 0 Å². The second kappa shape index (κ2) is 5.09. The third-order valence-corrected chi connectivity index (χ3v) is 1.65. The Balaban J connectivity index is 2.54. The van der Waals surface area contributed by atoms with Crippen LogP contribution in [0.4, 0.5) is 4.39 Å². The number of aryl methyl sites for hydroxylation is 1. The molecule has 1 aromatic carbocycles. The third-order valence-electron chi connectivity index (χ3n) is 1.65. The maximum absolute atomic E-state index is 12.7. The van der Waals surface area contributed by atoms with E-state index >= 15 is 0 Å². The maximum atomic E-state index is 12.7. The summed E-state index contributed by atoms with van der Waals surface area (Å²) in [7, 11) is 0. The minimum atomic E-state index is -0.287. The van der Waals surface area contributed by atoms with Crippen LogP contribution in [0.15, 0.2) is 23.3 Å². The summed E-state index contributed by atoms with van der Waals surface area (Å²) in [6.07, 6.45) is 0. The normalized spacial score (nSPS) is 9.29. The van der Waals surface area contributed by atoms with Gasteiger partial charge in [-0.25, -0.2) is 4.39 Å². The van der Waals surface area contributed by atoms with Gasteiger partial charge in [0.2, 0.25) is 0 Å². The van der Waals surface area contributed by atoms with E-state index in [0.29, 0.717) is 12.4 Å². The summed E-state index contributed by atoms with van der Waals surface area (Å²) in [5.41, 5.74) is 8.74. The van der Waals surface area contributed by atoms with E-state index in [4.69, 9.17) is 10.3 Å². The highest BCUT2D eigenvalue weighted by molar-refractivity contribution is 5.32. The van der Waals surface area contributed by atoms with Gasteiger partial charge in [0.1, 0.15) is 11.6 Å². The molecule has 0 amide bonds. The fourth-order valence-electron chi connectivity index (χ4n) is 1.02. The van der Waals surface area contributed by atoms with E-state index in [2.05, 4.69) is 10.0 Å². The molecule has 0 saturated carbocycles. The number of benzene rings is 1. The Hall–Kier alpha value is -1.74. The molecule has 0 aliphatic carbocycles. The van der Waals surface area contributed by atoms with E-state index < -0.39 is 0 Å². The first kappa shape index (κ1) is 10.3. The van der Waals surface area contributed by atoms with Crippen LogP contribution in [-0.2, 0) is 0 Å². The molecule has 0 aromatic heterocycles. The van der Waals surface area contributed by atoms with Crippen molar-refractivity contribution in [1.29, 1.82) is 0 Å². The van der Waals surface area contributed by atoms with E-state index in [1.54, 1.807) is 13.0 Å². The molecule has 0 aliphatic rings. The lowest BCUT2D eigenvalue weighted by Crippen LogP contribution is -2.01. The van der Waals surface area contributed by atoms with Gasteiger partial charge in [-0.15, -0.1) is 0 Å². The van der Waals surface area contributed by atoms with Crippen LogP contribution in [0.2, 0.25) is 0 Å². The molecule has 14 heavy (non-hydrogen) atoms. The van der Waals surface area contributed by atoms with Gasteiger partial charge in [0.05, 0.1) is 13.2 Å². The Labute approximate surface area is 80.9 Å². The van der Waals surface area contributed by atoms with Gasteiger partial charge in [0, 0.05) is 4.91 Å². The summed E-state index contributed by atoms with van der Waals surface area (Å²) in [5.74, 6) is 0.324. The molecule has 74 valence electrons. The van der Waals surface area contributed by atoms with Gasteiger partial charge >= 0.3 is 0 Å². The van der Waals surface area contributed by atoms with E-state index in [1.165, 1.54) is 12.1 Å². The topological polar surface area (TPSA) is 58.0 Å². The Morgan fingerprint density at radius 1 is 1.57 bits per heavy atom. The zero-order chi connectivity index (χ0) is 10.4. The second-order valence-corrected chi connectivity index (χ2v) is 2.71. The third kappa shape index (κ3) is 2.95. The van der Waals surface area contributed by atoms with Crippen molar-refractivity contribution in [2.75, 3.05) is 13.2 Å². The highest BCUT2D eigenvalue weighted by atomic mass is 19.1. The van der Waals surface area contributed by atoms with Gasteiger partial charge < -0.3 is 4.74 Å². The van der Waals surface area contributed by atoms with Crippen molar-refractivity contribution in [2.45, 2.75) is 6.92 Å². The van der Waals surface area contributed by atoms with Crippen molar-refractivity contribution in [1.82, 2.24) is 0 Å². The molecule has 0 spiro atoms. The smallest absolute Gasteiger partial charge is 0.123 e. The van der Waals surface area contributed by atoms with Crippen molar-refractivity contribution in [2.24, 2.45) is 5.11 Å². The average Bonchev–Trinajstić information content (AvgIpc) is 2.15. The van der Waals surface area contributed by atoms with Crippen LogP contribution < -0.4 is 4.74 Å². The highest BCUT2D eigenvalue weighted by Crippen LogP contribution is 2.17. The molecular formula is C9H10FN3O. The Bertz CT molecular complexity index is 361. The summed E-state index contributed by atoms with van der Waals surface area (Å²) in [6, 6.07) is 4.28. The van der Waals surface area contributed by atoms with Crippen LogP contribution in [0.1, 0.15) is 5.56 Å². The van der Waals surface area contributed by atoms with E-state index in [9.17, 15) is 4.39 Å². The lowest BCUT2D eigenvalue weighted by Gasteiger charge is -2.06. The molecule has 1 aromatic rings. The molecule has 0 atom stereocenters. The van der Waals surface area contributed by atoms with Crippen LogP contribution in [0.25, 0.3) is 10.4 Å². The van der Waals surface area contributed by atoms with Crippen molar-refractivity contribution < 1.29 is 9.13 Å². The predicted octanol–water partition coefficient (Wildman–Crippen LogP) is 2.82. The Morgan fingerprint density at radius 2 is 2.36 bits per heavy atom. The average molecular weight is 195 g/mol. The SMILES string of the molecule is Cc1cc(F)ccc1OCCN=[N+]=[N-]. The van der Waals surface area contributed by atoms with Crippen LogP contribution in [-0.4, -0.2) is 13.2 Å². The number of ether oxygens (including phenoxy) is 1. The van der Waals surface area contributed by atoms with Gasteiger partial charge in [-0.05, 0) is 36.2 Å². The summed E-state index contributed by atoms with van der Waals surface area (Å²) in [5, 5.41) is 3.32. The second-order valence-electron chi connectivity index (χ2n) is 2.71. The maximum Gasteiger partial charge on any atom is 0.123 e. The number of hydrogen-bond donors (Lipinski definition) is 0. The first-order valence-electron chi connectivity index (χ1n) is 4.14. The van der Waals surface area contributed by atoms with Gasteiger partial charge in [-0.2, -0.15) is 0 Å². The molecule has 1 rings (SSSR count). The minimum absolute atomic E-state index is 0.271. The standard InChI is InChI=1S/C9H10FN3O/c1-7-6-8(10)2-3-9(7)14-5-4-12-13-11/h2-3,6H,4-5H2,1H3. The number of halogens is 1. The quantitative estimate of drug-likeness (QED) is 0.315. The van der Waals surface area contributed by atoms with Gasteiger partial charge in [-0.1, -0.05) is 5.11 Å². The summed E-state index contributed by atoms with van der Waals surface area (Å²) in [6.45, 7) is 2.33. The zero-order valence-electron chi connectivity index (χ0n) is 7.77. The van der Waals surface area contributed by atoms with E-state index in [-0.39, 0.29) is 12.4 Å². The lowest BCUT2D eigenvalue weighted by atomic mass is 10.2. The Morgan fingerprint density at radius 3 is 3.00 bits per heavy atom. The van der Waals surface area contributed by atoms with Crippen molar-refractivity contribution in [3.05, 3.63) is 40.0 Å². The molecular weight excluding hydrogens is 185 g/mol. The molecule has 0 unspecified atom stereocenters. The highest BCUT2D eigenvalue weighted by Gasteiger charge is 1.99. The molecule has 0 aliphatic heterocycles. The molecule has 0 bridgehead atoms. The van der Waals surface area contributed by atoms with E-state index in [1.807, 2.05) is 0 Å². The first-order valence-corrected chi connectivity index (χ1v) is 4.14. The van der Waals surface area contributed by atoms with Crippen molar-refractivity contribution in [3.8, 4) is 5.75 Å². The molecule has 0 fully saturated rings. The fraction of sp³-hybridized carbons (Fsp3) is 0.333. The molecule has 0 N–H and O–H groups in total. The molecule has 0 saturated heterocycles. The predicted molar refractivity (Wildman–Crippen MR) is 50.6 cm³/mol. The molecule has 5 heteroatoms. The van der Waals surface area contributed by atoms with Gasteiger partial charge in [0.15, 0.2) is 0 Å². The van der Waals surface area contributed by atoms with Crippen molar-refractivity contribution >= 4 is 0 Å². The molecule has 4 nitrogen and oxygen atoms in total. The monoisotopic (exact) mass is 195 g/mol. The summed E-state index contributed by atoms with van der Waals surface area (Å²) >= 11 is 0. The lowest BCUT2D eigenvalue weighted by molar-refractivity contribution is 0.325. The van der Waals surface area contributed by atoms with Gasteiger partial charge in [0.25, 0.3) is 0 Å². The molecule has 0 heterocycles. The van der Waals surface area contributed by atoms with Crippen LogP contribution in [0, 0.1) is 12.7 Å². The number of rotatable bonds is 4. The Kier molecular flexibility index (Phi) is 3.76. The van der Waals surface area contributed by atoms with Gasteiger partial charge in [-0.3, -0.25) is 0 Å². The minimum Gasteiger partial charge on any atom is -0.493 e. The fourth-order valence-corrected chi connectivity index (χ4v) is 1.02.